The number of aromatic nitrogens is 3. The first-order valence-corrected chi connectivity index (χ1v) is 9.32. The van der Waals surface area contributed by atoms with Gasteiger partial charge in [0.15, 0.2) is 0 Å². The number of carbonyl (C=O) groups is 2. The summed E-state index contributed by atoms with van der Waals surface area (Å²) in [5.74, 6) is -1.72. The maximum atomic E-state index is 14.8. The third kappa shape index (κ3) is 5.12. The fourth-order valence-electron chi connectivity index (χ4n) is 2.79. The molecule has 0 spiro atoms. The maximum absolute atomic E-state index is 14.8. The van der Waals surface area contributed by atoms with E-state index in [4.69, 9.17) is 16.1 Å². The van der Waals surface area contributed by atoms with Crippen molar-refractivity contribution in [1.29, 1.82) is 0 Å². The van der Waals surface area contributed by atoms with Gasteiger partial charge in [-0.2, -0.15) is 4.98 Å². The second-order valence-electron chi connectivity index (χ2n) is 6.54. The Morgan fingerprint density at radius 3 is 2.52 bits per heavy atom. The maximum Gasteiger partial charge on any atom is 0.334 e. The van der Waals surface area contributed by atoms with Crippen molar-refractivity contribution in [3.05, 3.63) is 52.6 Å². The van der Waals surface area contributed by atoms with Crippen molar-refractivity contribution >= 4 is 23.5 Å². The van der Waals surface area contributed by atoms with Gasteiger partial charge in [0.2, 0.25) is 17.6 Å². The van der Waals surface area contributed by atoms with Crippen molar-refractivity contribution in [3.8, 4) is 22.5 Å². The molecule has 3 rings (SSSR count). The zero-order valence-corrected chi connectivity index (χ0v) is 17.3. The smallest absolute Gasteiger partial charge is 0.334 e. The van der Waals surface area contributed by atoms with Crippen LogP contribution in [0, 0.1) is 18.6 Å². The summed E-state index contributed by atoms with van der Waals surface area (Å²) in [6.07, 6.45) is 1.31. The van der Waals surface area contributed by atoms with Crippen molar-refractivity contribution in [2.24, 2.45) is 0 Å². The van der Waals surface area contributed by atoms with Crippen LogP contribution in [-0.2, 0) is 4.79 Å². The number of nitrogens with zero attached hydrogens (tertiary/aromatic N) is 3. The average molecular weight is 451 g/mol. The van der Waals surface area contributed by atoms with Gasteiger partial charge in [-0.3, -0.25) is 15.2 Å². The largest absolute Gasteiger partial charge is 0.339 e. The normalized spacial score (nSPS) is 11.7. The Kier molecular flexibility index (Phi) is 6.44. The lowest BCUT2D eigenvalue weighted by molar-refractivity contribution is -0.119. The second-order valence-corrected chi connectivity index (χ2v) is 6.98. The molecule has 2 heterocycles. The molecule has 3 amide bonds. The molecule has 0 bridgehead atoms. The molecular weight excluding hydrogens is 434 g/mol. The highest BCUT2D eigenvalue weighted by Gasteiger charge is 2.21. The number of rotatable bonds is 4. The molecule has 31 heavy (non-hydrogen) atoms. The lowest BCUT2D eigenvalue weighted by Crippen LogP contribution is -2.46. The molecule has 0 aliphatic heterocycles. The third-order valence-electron chi connectivity index (χ3n) is 4.10. The van der Waals surface area contributed by atoms with E-state index in [2.05, 4.69) is 31.3 Å². The fourth-order valence-corrected chi connectivity index (χ4v) is 2.99. The molecule has 0 unspecified atom stereocenters. The molecule has 0 aliphatic rings. The first kappa shape index (κ1) is 22.1. The van der Waals surface area contributed by atoms with Crippen molar-refractivity contribution in [2.75, 3.05) is 0 Å². The summed E-state index contributed by atoms with van der Waals surface area (Å²) in [6.45, 7) is 4.27. The van der Waals surface area contributed by atoms with Crippen LogP contribution in [0.2, 0.25) is 5.02 Å². The zero-order chi connectivity index (χ0) is 22.7. The van der Waals surface area contributed by atoms with E-state index in [1.54, 1.807) is 6.92 Å². The first-order chi connectivity index (χ1) is 14.7. The van der Waals surface area contributed by atoms with Gasteiger partial charge < -0.3 is 9.84 Å². The molecule has 0 radical (unpaired) electrons. The molecule has 0 fully saturated rings. The van der Waals surface area contributed by atoms with E-state index in [0.717, 1.165) is 12.1 Å². The molecule has 12 heteroatoms. The van der Waals surface area contributed by atoms with Gasteiger partial charge in [0.05, 0.1) is 17.3 Å². The summed E-state index contributed by atoms with van der Waals surface area (Å²) >= 11 is 5.99. The van der Waals surface area contributed by atoms with E-state index in [0.29, 0.717) is 0 Å². The number of halogens is 3. The van der Waals surface area contributed by atoms with Crippen molar-refractivity contribution in [2.45, 2.75) is 26.8 Å². The van der Waals surface area contributed by atoms with Crippen molar-refractivity contribution in [3.63, 3.8) is 0 Å². The van der Waals surface area contributed by atoms with Crippen molar-refractivity contribution < 1.29 is 22.9 Å². The molecule has 3 N–H and O–H groups in total. The number of urea groups is 1. The van der Waals surface area contributed by atoms with Crippen LogP contribution >= 0.6 is 11.6 Å². The molecule has 1 atom stereocenters. The molecule has 3 aromatic rings. The van der Waals surface area contributed by atoms with Crippen LogP contribution in [0.5, 0.6) is 0 Å². The van der Waals surface area contributed by atoms with Crippen LogP contribution in [0.3, 0.4) is 0 Å². The van der Waals surface area contributed by atoms with E-state index in [-0.39, 0.29) is 39.1 Å². The van der Waals surface area contributed by atoms with Gasteiger partial charge in [0.25, 0.3) is 0 Å². The summed E-state index contributed by atoms with van der Waals surface area (Å²) in [5, 5.41) is 6.24. The Labute approximate surface area is 180 Å². The summed E-state index contributed by atoms with van der Waals surface area (Å²) < 4.78 is 34.4. The average Bonchev–Trinajstić information content (AvgIpc) is 3.11. The van der Waals surface area contributed by atoms with Gasteiger partial charge in [-0.1, -0.05) is 16.8 Å². The van der Waals surface area contributed by atoms with E-state index < -0.39 is 29.6 Å². The summed E-state index contributed by atoms with van der Waals surface area (Å²) in [6, 6.07) is 2.07. The predicted molar refractivity (Wildman–Crippen MR) is 107 cm³/mol. The zero-order valence-electron chi connectivity index (χ0n) is 16.6. The van der Waals surface area contributed by atoms with Crippen LogP contribution in [0.1, 0.15) is 31.5 Å². The van der Waals surface area contributed by atoms with Gasteiger partial charge in [0.1, 0.15) is 11.6 Å². The van der Waals surface area contributed by atoms with Crippen LogP contribution in [-0.4, -0.2) is 27.1 Å². The number of hydrazine groups is 1. The Morgan fingerprint density at radius 2 is 1.90 bits per heavy atom. The monoisotopic (exact) mass is 450 g/mol. The number of benzene rings is 1. The van der Waals surface area contributed by atoms with Gasteiger partial charge in [-0.25, -0.2) is 19.0 Å². The quantitative estimate of drug-likeness (QED) is 0.523. The number of hydrogen-bond acceptors (Lipinski definition) is 6. The van der Waals surface area contributed by atoms with Gasteiger partial charge in [-0.05, 0) is 30.7 Å². The number of nitrogens with one attached hydrogen (secondary N) is 3. The van der Waals surface area contributed by atoms with E-state index in [1.165, 1.54) is 26.1 Å². The van der Waals surface area contributed by atoms with Crippen LogP contribution < -0.4 is 16.2 Å². The predicted octanol–water partition coefficient (Wildman–Crippen LogP) is 3.45. The molecule has 1 aromatic carbocycles. The molecule has 9 nitrogen and oxygen atoms in total. The Hall–Kier alpha value is -3.60. The van der Waals surface area contributed by atoms with Crippen LogP contribution in [0.15, 0.2) is 28.9 Å². The number of hydrogen-bond donors (Lipinski definition) is 3. The number of pyridine rings is 1. The lowest BCUT2D eigenvalue weighted by atomic mass is 9.99. The topological polar surface area (TPSA) is 122 Å². The third-order valence-corrected chi connectivity index (χ3v) is 4.31. The highest BCUT2D eigenvalue weighted by Crippen LogP contribution is 2.36. The number of carbonyl (C=O) groups excluding carboxylic acids is 2. The fraction of sp³-hybridized carbons (Fsp3) is 0.211. The summed E-state index contributed by atoms with van der Waals surface area (Å²) in [7, 11) is 0. The van der Waals surface area contributed by atoms with Gasteiger partial charge in [0, 0.05) is 30.6 Å². The Bertz CT molecular complexity index is 1150. The second kappa shape index (κ2) is 9.04. The minimum absolute atomic E-state index is 0.0175. The summed E-state index contributed by atoms with van der Waals surface area (Å²) in [5.41, 5.74) is 4.55. The standard InChI is InChI=1S/C19H17ClF2N6O3/c1-8(24-19(30)27-26-9(2)29)17-15(22)4-11(7-23-17)13-5-12(20)6-14(21)16(13)18-25-10(3)31-28-18/h4-8H,1-3H3,(H,26,29)(H2,24,27,30)/t8-/m1/s1. The highest BCUT2D eigenvalue weighted by atomic mass is 35.5. The highest BCUT2D eigenvalue weighted by molar-refractivity contribution is 6.31. The molecule has 0 aliphatic carbocycles. The molecule has 162 valence electrons. The van der Waals surface area contributed by atoms with Gasteiger partial charge in [-0.15, -0.1) is 0 Å². The molecule has 2 aromatic heterocycles. The van der Waals surface area contributed by atoms with Crippen LogP contribution in [0.25, 0.3) is 22.5 Å². The SMILES string of the molecule is CC(=O)NNC(=O)N[C@H](C)c1ncc(-c2cc(Cl)cc(F)c2-c2noc(C)n2)cc1F. The van der Waals surface area contributed by atoms with Crippen molar-refractivity contribution in [1.82, 2.24) is 31.3 Å². The molecule has 0 saturated heterocycles. The Morgan fingerprint density at radius 1 is 1.16 bits per heavy atom. The Balaban J connectivity index is 1.93. The number of amides is 3. The van der Waals surface area contributed by atoms with E-state index in [1.807, 2.05) is 0 Å². The van der Waals surface area contributed by atoms with E-state index >= 15 is 0 Å². The summed E-state index contributed by atoms with van der Waals surface area (Å²) in [4.78, 5) is 30.7. The van der Waals surface area contributed by atoms with Gasteiger partial charge >= 0.3 is 6.03 Å². The minimum atomic E-state index is -0.835. The molecule has 0 saturated carbocycles. The van der Waals surface area contributed by atoms with E-state index in [9.17, 15) is 18.4 Å². The first-order valence-electron chi connectivity index (χ1n) is 8.94. The van der Waals surface area contributed by atoms with Crippen LogP contribution in [0.4, 0.5) is 13.6 Å². The lowest BCUT2D eigenvalue weighted by Gasteiger charge is -2.16. The molecular formula is C19H17ClF2N6O3. The minimum Gasteiger partial charge on any atom is -0.339 e. The number of aryl methyl sites for hydroxylation is 1.